The first kappa shape index (κ1) is 16.0. The summed E-state index contributed by atoms with van der Waals surface area (Å²) in [4.78, 5) is 3.99. The van der Waals surface area contributed by atoms with Gasteiger partial charge in [-0.3, -0.25) is 4.98 Å². The van der Waals surface area contributed by atoms with Gasteiger partial charge in [-0.2, -0.15) is 0 Å². The molecule has 8 heteroatoms. The average molecular weight is 346 g/mol. The first-order chi connectivity index (χ1) is 9.81. The molecule has 112 valence electrons. The zero-order valence-corrected chi connectivity index (χ0v) is 13.4. The van der Waals surface area contributed by atoms with Crippen molar-refractivity contribution < 1.29 is 8.42 Å². The van der Waals surface area contributed by atoms with Crippen LogP contribution in [0.2, 0.25) is 10.0 Å². The Morgan fingerprint density at radius 1 is 1.24 bits per heavy atom. The minimum Gasteiger partial charge on any atom is -0.396 e. The molecule has 0 saturated carbocycles. The highest BCUT2D eigenvalue weighted by molar-refractivity contribution is 7.89. The molecule has 0 saturated heterocycles. The summed E-state index contributed by atoms with van der Waals surface area (Å²) in [5, 5.41) is 0.124. The van der Waals surface area contributed by atoms with Gasteiger partial charge in [-0.1, -0.05) is 29.3 Å². The number of hydrogen-bond donors (Lipinski definition) is 2. The standard InChI is InChI=1S/C13H13Cl2N3O2S/c1-8-2-3-9(6-17-8)7-18-21(19,20)11-5-4-10(14)13(16)12(11)15/h2-6,18H,7,16H2,1H3. The Morgan fingerprint density at radius 2 is 1.95 bits per heavy atom. The van der Waals surface area contributed by atoms with E-state index in [9.17, 15) is 8.42 Å². The maximum absolute atomic E-state index is 12.2. The van der Waals surface area contributed by atoms with Crippen LogP contribution in [0.25, 0.3) is 0 Å². The van der Waals surface area contributed by atoms with Gasteiger partial charge in [0.15, 0.2) is 0 Å². The summed E-state index contributed by atoms with van der Waals surface area (Å²) < 4.78 is 26.9. The number of rotatable bonds is 4. The third-order valence-corrected chi connectivity index (χ3v) is 5.11. The molecule has 0 aliphatic heterocycles. The topological polar surface area (TPSA) is 85.1 Å². The zero-order chi connectivity index (χ0) is 15.6. The van der Waals surface area contributed by atoms with Crippen LogP contribution in [-0.2, 0) is 16.6 Å². The van der Waals surface area contributed by atoms with Gasteiger partial charge in [0.05, 0.1) is 15.7 Å². The molecule has 0 spiro atoms. The number of hydrogen-bond acceptors (Lipinski definition) is 4. The molecule has 1 heterocycles. The van der Waals surface area contributed by atoms with E-state index < -0.39 is 10.0 Å². The van der Waals surface area contributed by atoms with Crippen molar-refractivity contribution >= 4 is 38.9 Å². The number of pyridine rings is 1. The second kappa shape index (κ2) is 6.19. The van der Waals surface area contributed by atoms with Gasteiger partial charge in [0.2, 0.25) is 10.0 Å². The Bertz CT molecular complexity index is 762. The van der Waals surface area contributed by atoms with Crippen molar-refractivity contribution in [3.8, 4) is 0 Å². The summed E-state index contributed by atoms with van der Waals surface area (Å²) in [6, 6.07) is 6.31. The van der Waals surface area contributed by atoms with Crippen LogP contribution in [-0.4, -0.2) is 13.4 Å². The van der Waals surface area contributed by atoms with Gasteiger partial charge < -0.3 is 5.73 Å². The molecule has 0 fully saturated rings. The minimum absolute atomic E-state index is 0.0400. The number of halogens is 2. The van der Waals surface area contributed by atoms with Crippen molar-refractivity contribution in [2.45, 2.75) is 18.4 Å². The van der Waals surface area contributed by atoms with E-state index in [-0.39, 0.29) is 27.2 Å². The fraction of sp³-hybridized carbons (Fsp3) is 0.154. The highest BCUT2D eigenvalue weighted by Gasteiger charge is 2.20. The largest absolute Gasteiger partial charge is 0.396 e. The van der Waals surface area contributed by atoms with Crippen molar-refractivity contribution in [1.82, 2.24) is 9.71 Å². The molecule has 0 aliphatic carbocycles. The second-order valence-corrected chi connectivity index (χ2v) is 6.93. The molecule has 2 rings (SSSR count). The van der Waals surface area contributed by atoms with Crippen molar-refractivity contribution in [1.29, 1.82) is 0 Å². The van der Waals surface area contributed by atoms with E-state index in [0.717, 1.165) is 11.3 Å². The Hall–Kier alpha value is -1.34. The first-order valence-corrected chi connectivity index (χ1v) is 8.20. The van der Waals surface area contributed by atoms with E-state index in [2.05, 4.69) is 9.71 Å². The van der Waals surface area contributed by atoms with E-state index in [1.165, 1.54) is 12.1 Å². The predicted molar refractivity (Wildman–Crippen MR) is 83.9 cm³/mol. The minimum atomic E-state index is -3.79. The smallest absolute Gasteiger partial charge is 0.242 e. The van der Waals surface area contributed by atoms with Crippen molar-refractivity contribution in [3.63, 3.8) is 0 Å². The second-order valence-electron chi connectivity index (χ2n) is 4.41. The van der Waals surface area contributed by atoms with Crippen molar-refractivity contribution in [3.05, 3.63) is 51.8 Å². The van der Waals surface area contributed by atoms with Crippen LogP contribution in [0.1, 0.15) is 11.3 Å². The van der Waals surface area contributed by atoms with Crippen LogP contribution in [0.15, 0.2) is 35.4 Å². The molecule has 0 atom stereocenters. The number of nitrogen functional groups attached to an aromatic ring is 1. The summed E-state index contributed by atoms with van der Waals surface area (Å²) in [7, 11) is -3.79. The summed E-state index contributed by atoms with van der Waals surface area (Å²) in [6.45, 7) is 1.96. The van der Waals surface area contributed by atoms with Crippen LogP contribution < -0.4 is 10.5 Å². The Morgan fingerprint density at radius 3 is 2.57 bits per heavy atom. The van der Waals surface area contributed by atoms with Crippen molar-refractivity contribution in [2.24, 2.45) is 0 Å². The number of aromatic nitrogens is 1. The summed E-state index contributed by atoms with van der Waals surface area (Å²) >= 11 is 11.7. The molecule has 1 aromatic heterocycles. The lowest BCUT2D eigenvalue weighted by atomic mass is 10.2. The van der Waals surface area contributed by atoms with Crippen LogP contribution >= 0.6 is 23.2 Å². The molecular formula is C13H13Cl2N3O2S. The molecule has 21 heavy (non-hydrogen) atoms. The van der Waals surface area contributed by atoms with Crippen LogP contribution in [0.5, 0.6) is 0 Å². The molecule has 0 radical (unpaired) electrons. The molecule has 5 nitrogen and oxygen atoms in total. The van der Waals surface area contributed by atoms with Gasteiger partial charge in [0, 0.05) is 18.4 Å². The number of nitrogens with two attached hydrogens (primary N) is 1. The van der Waals surface area contributed by atoms with E-state index in [0.29, 0.717) is 0 Å². The molecule has 0 aliphatic rings. The highest BCUT2D eigenvalue weighted by atomic mass is 35.5. The highest BCUT2D eigenvalue weighted by Crippen LogP contribution is 2.32. The molecule has 1 aromatic carbocycles. The zero-order valence-electron chi connectivity index (χ0n) is 11.1. The third-order valence-electron chi connectivity index (χ3n) is 2.82. The molecular weight excluding hydrogens is 333 g/mol. The lowest BCUT2D eigenvalue weighted by molar-refractivity contribution is 0.581. The molecule has 0 unspecified atom stereocenters. The van der Waals surface area contributed by atoms with Gasteiger partial charge in [-0.25, -0.2) is 13.1 Å². The maximum Gasteiger partial charge on any atom is 0.242 e. The molecule has 0 bridgehead atoms. The SMILES string of the molecule is Cc1ccc(CNS(=O)(=O)c2ccc(Cl)c(N)c2Cl)cn1. The predicted octanol–water partition coefficient (Wildman–Crippen LogP) is 2.76. The quantitative estimate of drug-likeness (QED) is 0.834. The number of benzene rings is 1. The summed E-state index contributed by atoms with van der Waals surface area (Å²) in [5.74, 6) is 0. The van der Waals surface area contributed by atoms with E-state index in [4.69, 9.17) is 28.9 Å². The van der Waals surface area contributed by atoms with E-state index in [1.54, 1.807) is 18.3 Å². The summed E-state index contributed by atoms with van der Waals surface area (Å²) in [6.07, 6.45) is 1.61. The maximum atomic E-state index is 12.2. The molecule has 0 amide bonds. The summed E-state index contributed by atoms with van der Waals surface area (Å²) in [5.41, 5.74) is 7.27. The van der Waals surface area contributed by atoms with Gasteiger partial charge in [0.1, 0.15) is 4.90 Å². The third kappa shape index (κ3) is 3.65. The Labute approximate surface area is 133 Å². The fourth-order valence-corrected chi connectivity index (χ4v) is 3.40. The first-order valence-electron chi connectivity index (χ1n) is 5.96. The Balaban J connectivity index is 2.23. The number of nitrogens with zero attached hydrogens (tertiary/aromatic N) is 1. The van der Waals surface area contributed by atoms with Crippen LogP contribution in [0.3, 0.4) is 0 Å². The van der Waals surface area contributed by atoms with Gasteiger partial charge >= 0.3 is 0 Å². The van der Waals surface area contributed by atoms with Crippen molar-refractivity contribution in [2.75, 3.05) is 5.73 Å². The monoisotopic (exact) mass is 345 g/mol. The van der Waals surface area contributed by atoms with Gasteiger partial charge in [-0.05, 0) is 30.7 Å². The van der Waals surface area contributed by atoms with Crippen LogP contribution in [0.4, 0.5) is 5.69 Å². The fourth-order valence-electron chi connectivity index (χ4n) is 1.62. The normalized spacial score (nSPS) is 11.6. The number of sulfonamides is 1. The van der Waals surface area contributed by atoms with E-state index >= 15 is 0 Å². The van der Waals surface area contributed by atoms with Gasteiger partial charge in [-0.15, -0.1) is 0 Å². The number of anilines is 1. The lowest BCUT2D eigenvalue weighted by Crippen LogP contribution is -2.23. The lowest BCUT2D eigenvalue weighted by Gasteiger charge is -2.10. The molecule has 2 aromatic rings. The van der Waals surface area contributed by atoms with E-state index in [1.807, 2.05) is 6.92 Å². The molecule has 3 N–H and O–H groups in total. The van der Waals surface area contributed by atoms with Crippen LogP contribution in [0, 0.1) is 6.92 Å². The number of nitrogens with one attached hydrogen (secondary N) is 1. The van der Waals surface area contributed by atoms with Gasteiger partial charge in [0.25, 0.3) is 0 Å². The number of aryl methyl sites for hydroxylation is 1. The Kier molecular flexibility index (Phi) is 4.73. The average Bonchev–Trinajstić information content (AvgIpc) is 2.44.